The SMILES string of the molecule is CC1(C)[C@@H]2C[C@H]1[C@@](C)(O)[C@@H](O)C2.CC1(C)[C@H]2C[C@@H]3OB(CCC[C@@H]4CCNC4)O[C@]3(C)[C@@H]1C2.O=C=O.O=C=O.OB(O)CCC[C@@H]1CCNC1. The summed E-state index contributed by atoms with van der Waals surface area (Å²) in [4.78, 5) is 32.5. The van der Waals surface area contributed by atoms with E-state index in [2.05, 4.69) is 45.3 Å². The Morgan fingerprint density at radius 1 is 0.780 bits per heavy atom. The van der Waals surface area contributed by atoms with Gasteiger partial charge in [-0.25, -0.2) is 0 Å². The molecule has 3 heterocycles. The molecule has 9 fully saturated rings. The number of aliphatic hydroxyl groups is 2. The van der Waals surface area contributed by atoms with Crippen LogP contribution in [0.5, 0.6) is 0 Å². The van der Waals surface area contributed by atoms with E-state index < -0.39 is 18.8 Å². The molecule has 0 aromatic rings. The van der Waals surface area contributed by atoms with Crippen LogP contribution in [0.15, 0.2) is 0 Å². The summed E-state index contributed by atoms with van der Waals surface area (Å²) in [5.41, 5.74) is -0.169. The van der Waals surface area contributed by atoms with E-state index in [-0.39, 0.29) is 30.4 Å². The zero-order valence-electron chi connectivity index (χ0n) is 31.3. The van der Waals surface area contributed by atoms with Crippen LogP contribution in [0.25, 0.3) is 0 Å². The van der Waals surface area contributed by atoms with Crippen molar-refractivity contribution in [3.8, 4) is 0 Å². The van der Waals surface area contributed by atoms with Crippen molar-refractivity contribution >= 4 is 26.5 Å². The van der Waals surface area contributed by atoms with Gasteiger partial charge in [0.1, 0.15) is 0 Å². The Kier molecular flexibility index (Phi) is 15.9. The summed E-state index contributed by atoms with van der Waals surface area (Å²) in [6.07, 6.45) is 13.6. The number of nitrogens with one attached hydrogen (secondary N) is 2. The number of hydrogen-bond acceptors (Lipinski definition) is 12. The average molecular weight is 707 g/mol. The fourth-order valence-electron chi connectivity index (χ4n) is 10.3. The quantitative estimate of drug-likeness (QED) is 0.203. The number of hydrogen-bond donors (Lipinski definition) is 6. The summed E-state index contributed by atoms with van der Waals surface area (Å²) in [5.74, 6) is 4.12. The first-order valence-electron chi connectivity index (χ1n) is 19.0. The molecule has 12 nitrogen and oxygen atoms in total. The molecule has 284 valence electrons. The molecule has 3 saturated heterocycles. The third-order valence-corrected chi connectivity index (χ3v) is 13.8. The minimum Gasteiger partial charge on any atom is -0.427 e. The lowest BCUT2D eigenvalue weighted by Crippen LogP contribution is -2.66. The molecular formula is C36H64B2N2O10. The second-order valence-electron chi connectivity index (χ2n) is 17.4. The van der Waals surface area contributed by atoms with Crippen LogP contribution in [0.4, 0.5) is 0 Å². The van der Waals surface area contributed by atoms with Crippen LogP contribution in [0.1, 0.15) is 106 Å². The second kappa shape index (κ2) is 18.6. The minimum absolute atomic E-state index is 0.0160. The zero-order chi connectivity index (χ0) is 37.3. The zero-order valence-corrected chi connectivity index (χ0v) is 31.3. The van der Waals surface area contributed by atoms with Crippen LogP contribution in [0.2, 0.25) is 12.6 Å². The smallest absolute Gasteiger partial charge is 0.427 e. The topological polar surface area (TPSA) is 192 Å². The number of fused-ring (bicyclic) bond motifs is 2. The Balaban J connectivity index is 0.000000200. The lowest BCUT2D eigenvalue weighted by molar-refractivity contribution is -0.245. The fraction of sp³-hybridized carbons (Fsp3) is 0.944. The Morgan fingerprint density at radius 3 is 1.72 bits per heavy atom. The van der Waals surface area contributed by atoms with Crippen molar-refractivity contribution in [3.63, 3.8) is 0 Å². The van der Waals surface area contributed by atoms with Crippen LogP contribution in [0.3, 0.4) is 0 Å². The van der Waals surface area contributed by atoms with Gasteiger partial charge in [-0.05, 0) is 150 Å². The van der Waals surface area contributed by atoms with Crippen molar-refractivity contribution in [1.82, 2.24) is 10.6 Å². The van der Waals surface area contributed by atoms with Crippen LogP contribution in [-0.2, 0) is 28.5 Å². The van der Waals surface area contributed by atoms with Gasteiger partial charge in [0.05, 0.1) is 23.4 Å². The van der Waals surface area contributed by atoms with Gasteiger partial charge in [-0.2, -0.15) is 19.2 Å². The van der Waals surface area contributed by atoms with Gasteiger partial charge < -0.3 is 40.2 Å². The molecular weight excluding hydrogens is 642 g/mol. The summed E-state index contributed by atoms with van der Waals surface area (Å²) < 4.78 is 12.8. The van der Waals surface area contributed by atoms with Gasteiger partial charge in [0, 0.05) is 0 Å². The molecule has 0 unspecified atom stereocenters. The summed E-state index contributed by atoms with van der Waals surface area (Å²) >= 11 is 0. The summed E-state index contributed by atoms with van der Waals surface area (Å²) in [6.45, 7) is 18.0. The highest BCUT2D eigenvalue weighted by atomic mass is 16.7. The van der Waals surface area contributed by atoms with Crippen LogP contribution in [0, 0.1) is 46.3 Å². The first-order chi connectivity index (χ1) is 23.5. The molecule has 0 amide bonds. The molecule has 4 bridgehead atoms. The maximum Gasteiger partial charge on any atom is 0.457 e. The average Bonchev–Trinajstić information content (AvgIpc) is 3.81. The van der Waals surface area contributed by atoms with Crippen molar-refractivity contribution < 1.29 is 48.7 Å². The first-order valence-corrected chi connectivity index (χ1v) is 19.0. The Labute approximate surface area is 299 Å². The highest BCUT2D eigenvalue weighted by molar-refractivity contribution is 6.45. The fourth-order valence-corrected chi connectivity index (χ4v) is 10.3. The minimum atomic E-state index is -1.11. The Bertz CT molecular complexity index is 1110. The molecule has 9 aliphatic rings. The Morgan fingerprint density at radius 2 is 1.28 bits per heavy atom. The van der Waals surface area contributed by atoms with E-state index in [4.69, 9.17) is 38.5 Å². The van der Waals surface area contributed by atoms with Gasteiger partial charge in [-0.1, -0.05) is 40.5 Å². The molecule has 10 atom stereocenters. The largest absolute Gasteiger partial charge is 0.457 e. The van der Waals surface area contributed by atoms with E-state index in [9.17, 15) is 10.2 Å². The van der Waals surface area contributed by atoms with Gasteiger partial charge in [-0.15, -0.1) is 0 Å². The molecule has 0 spiro atoms. The number of aliphatic hydroxyl groups excluding tert-OH is 1. The van der Waals surface area contributed by atoms with Crippen molar-refractivity contribution in [2.24, 2.45) is 46.3 Å². The third kappa shape index (κ3) is 10.2. The van der Waals surface area contributed by atoms with Crippen molar-refractivity contribution in [2.45, 2.75) is 142 Å². The predicted octanol–water partition coefficient (Wildman–Crippen LogP) is 2.95. The maximum absolute atomic E-state index is 10.0. The van der Waals surface area contributed by atoms with Crippen molar-refractivity contribution in [2.75, 3.05) is 26.2 Å². The number of carbonyl (C=O) groups excluding carboxylic acids is 4. The molecule has 3 aliphatic heterocycles. The molecule has 50 heavy (non-hydrogen) atoms. The molecule has 6 N–H and O–H groups in total. The highest BCUT2D eigenvalue weighted by Gasteiger charge is 2.67. The second-order valence-corrected chi connectivity index (χ2v) is 17.4. The molecule has 0 aromatic carbocycles. The molecule has 6 saturated carbocycles. The summed E-state index contributed by atoms with van der Waals surface area (Å²) in [5, 5.41) is 43.5. The number of rotatable bonds is 8. The van der Waals surface area contributed by atoms with Gasteiger partial charge in [0.25, 0.3) is 0 Å². The van der Waals surface area contributed by atoms with E-state index in [1.807, 2.05) is 0 Å². The van der Waals surface area contributed by atoms with E-state index in [0.29, 0.717) is 35.6 Å². The van der Waals surface area contributed by atoms with Crippen molar-refractivity contribution in [1.29, 1.82) is 0 Å². The molecule has 0 radical (unpaired) electrons. The van der Waals surface area contributed by atoms with Crippen LogP contribution < -0.4 is 10.6 Å². The standard InChI is InChI=1S/C17H30BNO2.C10H18O2.C7H16BNO2.2CO2/c1-16(2)13-9-14(16)17(3)15(10-13)20-18(21-17)7-4-5-12-6-8-19-11-12;1-9(2)6-4-7(9)10(3,12)8(11)5-6;10-8(11)4-1-2-7-3-5-9-6-7;2*2-1-3/h12-15,19H,4-11H2,1-3H3;6-8,11-12H,4-5H2,1-3H3;7,9-11H,1-6H2;;/t12-,13-,14-,15+,17-;6-,7-,8+,10-;7-;;/m111../s1. The molecule has 14 heteroatoms. The van der Waals surface area contributed by atoms with E-state index in [0.717, 1.165) is 62.8 Å². The van der Waals surface area contributed by atoms with E-state index in [1.54, 1.807) is 6.92 Å². The van der Waals surface area contributed by atoms with E-state index in [1.165, 1.54) is 51.6 Å². The molecule has 0 aromatic heterocycles. The van der Waals surface area contributed by atoms with Crippen LogP contribution >= 0.6 is 0 Å². The third-order valence-electron chi connectivity index (χ3n) is 13.8. The summed E-state index contributed by atoms with van der Waals surface area (Å²) in [7, 11) is -1.05. The Hall–Kier alpha value is -1.43. The van der Waals surface area contributed by atoms with Gasteiger partial charge in [0.2, 0.25) is 0 Å². The van der Waals surface area contributed by atoms with Gasteiger partial charge in [-0.3, -0.25) is 0 Å². The van der Waals surface area contributed by atoms with Gasteiger partial charge >= 0.3 is 26.5 Å². The maximum atomic E-state index is 10.0. The normalized spacial score (nSPS) is 39.0. The lowest BCUT2D eigenvalue weighted by atomic mass is 9.43. The predicted molar refractivity (Wildman–Crippen MR) is 187 cm³/mol. The summed E-state index contributed by atoms with van der Waals surface area (Å²) in [6, 6.07) is 0. The van der Waals surface area contributed by atoms with E-state index >= 15 is 0 Å². The van der Waals surface area contributed by atoms with Crippen molar-refractivity contribution in [3.05, 3.63) is 0 Å². The highest BCUT2D eigenvalue weighted by Crippen LogP contribution is 2.66. The van der Waals surface area contributed by atoms with Crippen LogP contribution in [-0.4, -0.2) is 96.4 Å². The lowest BCUT2D eigenvalue weighted by Gasteiger charge is -2.64. The van der Waals surface area contributed by atoms with Gasteiger partial charge in [0.15, 0.2) is 0 Å². The monoisotopic (exact) mass is 706 g/mol. The molecule has 9 rings (SSSR count). The molecule has 6 aliphatic carbocycles. The first kappa shape index (κ1) is 43.0.